The summed E-state index contributed by atoms with van der Waals surface area (Å²) in [5.41, 5.74) is 4.36. The lowest BCUT2D eigenvalue weighted by atomic mass is 9.73. The van der Waals surface area contributed by atoms with Gasteiger partial charge in [-0.15, -0.1) is 0 Å². The smallest absolute Gasteiger partial charge is 0.472 e. The van der Waals surface area contributed by atoms with Gasteiger partial charge in [-0.25, -0.2) is 9.36 Å². The fourth-order valence-corrected chi connectivity index (χ4v) is 5.35. The predicted octanol–water partition coefficient (Wildman–Crippen LogP) is 6.78. The maximum Gasteiger partial charge on any atom is 0.472 e. The van der Waals surface area contributed by atoms with Gasteiger partial charge in [0.1, 0.15) is 11.5 Å². The van der Waals surface area contributed by atoms with Gasteiger partial charge in [0.15, 0.2) is 0 Å². The number of rotatable bonds is 12. The van der Waals surface area contributed by atoms with Gasteiger partial charge < -0.3 is 20.1 Å². The van der Waals surface area contributed by atoms with Crippen molar-refractivity contribution in [3.05, 3.63) is 83.0 Å². The summed E-state index contributed by atoms with van der Waals surface area (Å²) in [6.07, 6.45) is 4.79. The van der Waals surface area contributed by atoms with E-state index >= 15 is 0 Å². The first-order valence-electron chi connectivity index (χ1n) is 12.9. The Balaban J connectivity index is 1.65. The van der Waals surface area contributed by atoms with Crippen LogP contribution in [0.4, 0.5) is 4.79 Å². The number of ether oxygens (including phenoxy) is 1. The number of aromatic hydroxyl groups is 1. The van der Waals surface area contributed by atoms with Crippen LogP contribution in [0.2, 0.25) is 0 Å². The van der Waals surface area contributed by atoms with Crippen molar-refractivity contribution in [3.63, 3.8) is 0 Å². The number of phosphoric ester groups is 1. The highest BCUT2D eigenvalue weighted by Gasteiger charge is 2.31. The second kappa shape index (κ2) is 13.8. The molecule has 0 heterocycles. The number of phenolic OH excluding ortho intramolecular Hbond substituents is 1. The van der Waals surface area contributed by atoms with Crippen molar-refractivity contribution in [1.82, 2.24) is 5.32 Å². The molecule has 1 aliphatic rings. The summed E-state index contributed by atoms with van der Waals surface area (Å²) < 4.78 is 27.7. The highest BCUT2D eigenvalue weighted by molar-refractivity contribution is 7.47. The second-order valence-corrected chi connectivity index (χ2v) is 11.1. The Labute approximate surface area is 224 Å². The predicted molar refractivity (Wildman–Crippen MR) is 147 cm³/mol. The van der Waals surface area contributed by atoms with Crippen LogP contribution < -0.4 is 10.1 Å². The molecule has 0 bridgehead atoms. The molecule has 1 amide bonds. The van der Waals surface area contributed by atoms with Crippen molar-refractivity contribution >= 4 is 13.9 Å². The second-order valence-electron chi connectivity index (χ2n) is 9.68. The van der Waals surface area contributed by atoms with E-state index in [4.69, 9.17) is 13.8 Å². The third-order valence-electron chi connectivity index (χ3n) is 6.50. The quantitative estimate of drug-likeness (QED) is 0.154. The maximum absolute atomic E-state index is 12.7. The lowest BCUT2D eigenvalue weighted by Gasteiger charge is -2.32. The number of carbonyl (C=O) groups is 1. The Bertz CT molecular complexity index is 1190. The highest BCUT2D eigenvalue weighted by atomic mass is 31.2. The average molecular weight is 544 g/mol. The molecule has 206 valence electrons. The van der Waals surface area contributed by atoms with Crippen LogP contribution in [-0.2, 0) is 26.6 Å². The van der Waals surface area contributed by atoms with Crippen molar-refractivity contribution in [3.8, 4) is 11.5 Å². The van der Waals surface area contributed by atoms with Gasteiger partial charge >= 0.3 is 13.9 Å². The van der Waals surface area contributed by atoms with E-state index in [2.05, 4.69) is 24.9 Å². The summed E-state index contributed by atoms with van der Waals surface area (Å²) in [7, 11) is -4.29. The Morgan fingerprint density at radius 2 is 1.92 bits per heavy atom. The first kappa shape index (κ1) is 29.7. The van der Waals surface area contributed by atoms with E-state index in [9.17, 15) is 19.4 Å². The first-order chi connectivity index (χ1) is 18.1. The number of hydrogen-bond acceptors (Lipinski definition) is 6. The number of phenols is 1. The van der Waals surface area contributed by atoms with Crippen LogP contribution >= 0.6 is 7.82 Å². The molecule has 3 N–H and O–H groups in total. The van der Waals surface area contributed by atoms with E-state index in [1.807, 2.05) is 19.9 Å². The average Bonchev–Trinajstić information content (AvgIpc) is 2.86. The van der Waals surface area contributed by atoms with E-state index in [0.717, 1.165) is 42.4 Å². The van der Waals surface area contributed by atoms with Gasteiger partial charge in [0.25, 0.3) is 0 Å². The SMILES string of the molecule is C=C(C)[C@@H]1CCC(C)=C[C@H]1c1c(O)cc(CCC)cc1OC(=O)NCCOP(=O)(O)OCc1ccccc1. The number of benzene rings is 2. The van der Waals surface area contributed by atoms with Gasteiger partial charge in [-0.1, -0.05) is 67.5 Å². The zero-order valence-corrected chi connectivity index (χ0v) is 23.2. The van der Waals surface area contributed by atoms with Crippen molar-refractivity contribution in [1.29, 1.82) is 0 Å². The maximum atomic E-state index is 12.7. The topological polar surface area (TPSA) is 114 Å². The van der Waals surface area contributed by atoms with Gasteiger partial charge in [0.05, 0.1) is 13.2 Å². The van der Waals surface area contributed by atoms with E-state index in [1.54, 1.807) is 36.4 Å². The van der Waals surface area contributed by atoms with Gasteiger partial charge in [-0.05, 0) is 62.3 Å². The summed E-state index contributed by atoms with van der Waals surface area (Å²) >= 11 is 0. The molecule has 0 aliphatic heterocycles. The molecule has 2 aromatic carbocycles. The molecule has 8 nitrogen and oxygen atoms in total. The van der Waals surface area contributed by atoms with Crippen LogP contribution in [0.25, 0.3) is 0 Å². The Morgan fingerprint density at radius 1 is 1.18 bits per heavy atom. The summed E-state index contributed by atoms with van der Waals surface area (Å²) in [5, 5.41) is 13.6. The third kappa shape index (κ3) is 8.57. The summed E-state index contributed by atoms with van der Waals surface area (Å²) in [6, 6.07) is 12.5. The molecule has 38 heavy (non-hydrogen) atoms. The summed E-state index contributed by atoms with van der Waals surface area (Å²) in [5.74, 6) is 0.300. The lowest BCUT2D eigenvalue weighted by Crippen LogP contribution is -2.30. The van der Waals surface area contributed by atoms with Crippen LogP contribution in [0.1, 0.15) is 62.6 Å². The Hall–Kier alpha value is -2.90. The molecule has 9 heteroatoms. The molecule has 0 spiro atoms. The first-order valence-corrected chi connectivity index (χ1v) is 14.4. The molecular weight excluding hydrogens is 505 g/mol. The standard InChI is InChI=1S/C29H38NO7P/c1-5-9-23-17-26(31)28(25-16-21(4)12-13-24(25)20(2)3)27(18-23)37-29(32)30-14-15-35-38(33,34)36-19-22-10-7-6-8-11-22/h6-8,10-11,16-18,24-25,31H,2,5,9,12-15,19H2,1,3-4H3,(H,30,32)(H,33,34)/t24-,25+/m0/s1. The number of amides is 1. The number of carbonyl (C=O) groups excluding carboxylic acids is 1. The molecule has 0 fully saturated rings. The zero-order chi connectivity index (χ0) is 27.7. The fraction of sp³-hybridized carbons (Fsp3) is 0.414. The molecule has 0 saturated carbocycles. The van der Waals surface area contributed by atoms with Gasteiger partial charge in [-0.3, -0.25) is 9.05 Å². The highest BCUT2D eigenvalue weighted by Crippen LogP contribution is 2.47. The molecule has 2 aromatic rings. The van der Waals surface area contributed by atoms with Gasteiger partial charge in [0.2, 0.25) is 0 Å². The lowest BCUT2D eigenvalue weighted by molar-refractivity contribution is 0.142. The van der Waals surface area contributed by atoms with Crippen LogP contribution in [0.5, 0.6) is 11.5 Å². The summed E-state index contributed by atoms with van der Waals surface area (Å²) in [6.45, 7) is 9.80. The van der Waals surface area contributed by atoms with E-state index in [1.165, 1.54) is 5.57 Å². The minimum atomic E-state index is -4.29. The number of nitrogens with one attached hydrogen (secondary N) is 1. The molecule has 1 aliphatic carbocycles. The van der Waals surface area contributed by atoms with Crippen molar-refractivity contribution in [2.75, 3.05) is 13.2 Å². The molecule has 3 atom stereocenters. The molecule has 3 rings (SSSR count). The van der Waals surface area contributed by atoms with E-state index in [-0.39, 0.29) is 43.1 Å². The molecule has 0 aromatic heterocycles. The molecule has 1 unspecified atom stereocenters. The largest absolute Gasteiger partial charge is 0.507 e. The normalized spacial score (nSPS) is 18.8. The minimum Gasteiger partial charge on any atom is -0.507 e. The van der Waals surface area contributed by atoms with Crippen molar-refractivity contribution < 1.29 is 33.1 Å². The van der Waals surface area contributed by atoms with Crippen LogP contribution in [0.15, 0.2) is 66.3 Å². The molecule has 0 saturated heterocycles. The molecular formula is C29H38NO7P. The van der Waals surface area contributed by atoms with Crippen molar-refractivity contribution in [2.45, 2.75) is 59.0 Å². The van der Waals surface area contributed by atoms with Gasteiger partial charge in [0, 0.05) is 18.0 Å². The van der Waals surface area contributed by atoms with Crippen molar-refractivity contribution in [2.24, 2.45) is 5.92 Å². The fourth-order valence-electron chi connectivity index (χ4n) is 4.64. The van der Waals surface area contributed by atoms with Crippen LogP contribution in [0.3, 0.4) is 0 Å². The summed E-state index contributed by atoms with van der Waals surface area (Å²) in [4.78, 5) is 22.6. The number of aryl methyl sites for hydroxylation is 1. The number of phosphoric acid groups is 1. The Kier molecular flexibility index (Phi) is 10.7. The number of allylic oxidation sites excluding steroid dienone is 3. The van der Waals surface area contributed by atoms with Gasteiger partial charge in [-0.2, -0.15) is 0 Å². The third-order valence-corrected chi connectivity index (χ3v) is 7.46. The van der Waals surface area contributed by atoms with Crippen LogP contribution in [0, 0.1) is 5.92 Å². The zero-order valence-electron chi connectivity index (χ0n) is 22.3. The van der Waals surface area contributed by atoms with E-state index < -0.39 is 13.9 Å². The van der Waals surface area contributed by atoms with E-state index in [0.29, 0.717) is 5.56 Å². The minimum absolute atomic E-state index is 0.0785. The Morgan fingerprint density at radius 3 is 2.61 bits per heavy atom. The molecule has 0 radical (unpaired) electrons. The monoisotopic (exact) mass is 543 g/mol. The van der Waals surface area contributed by atoms with Crippen LogP contribution in [-0.4, -0.2) is 29.2 Å². The number of hydrogen-bond donors (Lipinski definition) is 3.